The quantitative estimate of drug-likeness (QED) is 0.854. The molecule has 0 aliphatic carbocycles. The fourth-order valence-corrected chi connectivity index (χ4v) is 2.20. The van der Waals surface area contributed by atoms with E-state index in [1.807, 2.05) is 12.1 Å². The minimum atomic E-state index is -0.530. The summed E-state index contributed by atoms with van der Waals surface area (Å²) in [7, 11) is 0. The number of imide groups is 1. The molecule has 6 heteroatoms. The molecule has 3 N–H and O–H groups in total. The van der Waals surface area contributed by atoms with Crippen LogP contribution < -0.4 is 16.0 Å². The number of urea groups is 1. The SMILES string of the molecule is CC(=O)N(C(=O)NCc1ccccc1Cl)c1cccc(N)c1. The van der Waals surface area contributed by atoms with Crippen LogP contribution in [-0.4, -0.2) is 11.9 Å². The van der Waals surface area contributed by atoms with Crippen molar-refractivity contribution in [2.75, 3.05) is 10.6 Å². The first kappa shape index (κ1) is 15.9. The van der Waals surface area contributed by atoms with E-state index in [9.17, 15) is 9.59 Å². The van der Waals surface area contributed by atoms with E-state index in [4.69, 9.17) is 17.3 Å². The van der Waals surface area contributed by atoms with Gasteiger partial charge in [-0.2, -0.15) is 0 Å². The first-order valence-corrected chi connectivity index (χ1v) is 7.04. The molecular weight excluding hydrogens is 302 g/mol. The van der Waals surface area contributed by atoms with Gasteiger partial charge in [0.05, 0.1) is 5.69 Å². The van der Waals surface area contributed by atoms with Gasteiger partial charge in [0.25, 0.3) is 0 Å². The number of benzene rings is 2. The third kappa shape index (κ3) is 3.77. The van der Waals surface area contributed by atoms with Crippen LogP contribution in [-0.2, 0) is 11.3 Å². The maximum atomic E-state index is 12.3. The van der Waals surface area contributed by atoms with Crippen molar-refractivity contribution in [3.8, 4) is 0 Å². The minimum absolute atomic E-state index is 0.227. The lowest BCUT2D eigenvalue weighted by Gasteiger charge is -2.20. The Morgan fingerprint density at radius 2 is 1.91 bits per heavy atom. The molecule has 0 heterocycles. The first-order chi connectivity index (χ1) is 10.5. The van der Waals surface area contributed by atoms with Gasteiger partial charge in [0.2, 0.25) is 5.91 Å². The van der Waals surface area contributed by atoms with Crippen molar-refractivity contribution in [3.63, 3.8) is 0 Å². The maximum Gasteiger partial charge on any atom is 0.329 e. The van der Waals surface area contributed by atoms with E-state index in [-0.39, 0.29) is 6.54 Å². The lowest BCUT2D eigenvalue weighted by molar-refractivity contribution is -0.115. The lowest BCUT2D eigenvalue weighted by atomic mass is 10.2. The number of amides is 3. The molecule has 22 heavy (non-hydrogen) atoms. The van der Waals surface area contributed by atoms with Crippen molar-refractivity contribution in [2.24, 2.45) is 0 Å². The van der Waals surface area contributed by atoms with Gasteiger partial charge in [-0.1, -0.05) is 35.9 Å². The normalized spacial score (nSPS) is 10.1. The molecule has 0 saturated heterocycles. The number of nitrogens with zero attached hydrogens (tertiary/aromatic N) is 1. The van der Waals surface area contributed by atoms with Crippen LogP contribution in [0.4, 0.5) is 16.2 Å². The molecule has 0 aliphatic rings. The number of hydrogen-bond acceptors (Lipinski definition) is 3. The third-order valence-electron chi connectivity index (χ3n) is 3.03. The molecule has 0 radical (unpaired) electrons. The summed E-state index contributed by atoms with van der Waals surface area (Å²) in [5.74, 6) is -0.401. The second-order valence-electron chi connectivity index (χ2n) is 4.70. The van der Waals surface area contributed by atoms with Gasteiger partial charge in [0.1, 0.15) is 0 Å². The molecule has 2 rings (SSSR count). The summed E-state index contributed by atoms with van der Waals surface area (Å²) >= 11 is 6.04. The van der Waals surface area contributed by atoms with Crippen LogP contribution in [0.1, 0.15) is 12.5 Å². The lowest BCUT2D eigenvalue weighted by Crippen LogP contribution is -2.42. The summed E-state index contributed by atoms with van der Waals surface area (Å²) in [5.41, 5.74) is 7.36. The van der Waals surface area contributed by atoms with Crippen LogP contribution in [0.5, 0.6) is 0 Å². The smallest absolute Gasteiger partial charge is 0.329 e. The van der Waals surface area contributed by atoms with Crippen molar-refractivity contribution >= 4 is 34.9 Å². The van der Waals surface area contributed by atoms with Gasteiger partial charge < -0.3 is 11.1 Å². The molecular formula is C16H16ClN3O2. The van der Waals surface area contributed by atoms with Crippen molar-refractivity contribution < 1.29 is 9.59 Å². The number of nitrogens with two attached hydrogens (primary N) is 1. The summed E-state index contributed by atoms with van der Waals surface area (Å²) in [5, 5.41) is 3.24. The van der Waals surface area contributed by atoms with Crippen LogP contribution in [0.2, 0.25) is 5.02 Å². The summed E-state index contributed by atoms with van der Waals surface area (Å²) in [4.78, 5) is 25.1. The average Bonchev–Trinajstić information content (AvgIpc) is 2.46. The Labute approximate surface area is 133 Å². The molecule has 0 aromatic heterocycles. The standard InChI is InChI=1S/C16H16ClN3O2/c1-11(21)20(14-7-4-6-13(18)9-14)16(22)19-10-12-5-2-3-8-15(12)17/h2-9H,10,18H2,1H3,(H,19,22). The van der Waals surface area contributed by atoms with E-state index >= 15 is 0 Å². The summed E-state index contributed by atoms with van der Waals surface area (Å²) in [6, 6.07) is 13.2. The number of rotatable bonds is 3. The Balaban J connectivity index is 2.14. The van der Waals surface area contributed by atoms with E-state index in [1.54, 1.807) is 36.4 Å². The Morgan fingerprint density at radius 3 is 2.55 bits per heavy atom. The van der Waals surface area contributed by atoms with Crippen molar-refractivity contribution in [1.82, 2.24) is 5.32 Å². The molecule has 0 fully saturated rings. The first-order valence-electron chi connectivity index (χ1n) is 6.66. The van der Waals surface area contributed by atoms with Crippen LogP contribution in [0.3, 0.4) is 0 Å². The third-order valence-corrected chi connectivity index (χ3v) is 3.40. The Morgan fingerprint density at radius 1 is 1.18 bits per heavy atom. The number of carbonyl (C=O) groups is 2. The Kier molecular flexibility index (Phi) is 5.01. The second-order valence-corrected chi connectivity index (χ2v) is 5.11. The van der Waals surface area contributed by atoms with Gasteiger partial charge in [-0.25, -0.2) is 9.69 Å². The highest BCUT2D eigenvalue weighted by Crippen LogP contribution is 2.19. The zero-order valence-electron chi connectivity index (χ0n) is 12.0. The maximum absolute atomic E-state index is 12.3. The highest BCUT2D eigenvalue weighted by atomic mass is 35.5. The number of nitrogens with one attached hydrogen (secondary N) is 1. The van der Waals surface area contributed by atoms with Gasteiger partial charge in [-0.3, -0.25) is 4.79 Å². The number of anilines is 2. The monoisotopic (exact) mass is 317 g/mol. The second kappa shape index (κ2) is 6.95. The van der Waals surface area contributed by atoms with Gasteiger partial charge in [0.15, 0.2) is 0 Å². The van der Waals surface area contributed by atoms with E-state index in [0.29, 0.717) is 16.4 Å². The van der Waals surface area contributed by atoms with E-state index in [2.05, 4.69) is 5.32 Å². The van der Waals surface area contributed by atoms with Gasteiger partial charge in [-0.15, -0.1) is 0 Å². The Bertz CT molecular complexity index is 703. The van der Waals surface area contributed by atoms with E-state index < -0.39 is 11.9 Å². The van der Waals surface area contributed by atoms with Crippen LogP contribution in [0, 0.1) is 0 Å². The number of hydrogen-bond donors (Lipinski definition) is 2. The van der Waals surface area contributed by atoms with Gasteiger partial charge >= 0.3 is 6.03 Å². The predicted octanol–water partition coefficient (Wildman–Crippen LogP) is 3.18. The number of nitrogen functional groups attached to an aromatic ring is 1. The van der Waals surface area contributed by atoms with Gasteiger partial charge in [-0.05, 0) is 29.8 Å². The van der Waals surface area contributed by atoms with Crippen molar-refractivity contribution in [1.29, 1.82) is 0 Å². The molecule has 0 atom stereocenters. The predicted molar refractivity (Wildman–Crippen MR) is 87.7 cm³/mol. The highest BCUT2D eigenvalue weighted by molar-refractivity contribution is 6.31. The average molecular weight is 318 g/mol. The Hall–Kier alpha value is -2.53. The number of carbonyl (C=O) groups excluding carboxylic acids is 2. The molecule has 2 aromatic carbocycles. The van der Waals surface area contributed by atoms with Crippen molar-refractivity contribution in [2.45, 2.75) is 13.5 Å². The van der Waals surface area contributed by atoms with Crippen LogP contribution in [0.15, 0.2) is 48.5 Å². The molecule has 0 saturated carbocycles. The zero-order chi connectivity index (χ0) is 16.1. The molecule has 0 spiro atoms. The molecule has 0 bridgehead atoms. The largest absolute Gasteiger partial charge is 0.399 e. The minimum Gasteiger partial charge on any atom is -0.399 e. The number of halogens is 1. The van der Waals surface area contributed by atoms with E-state index in [1.165, 1.54) is 6.92 Å². The molecule has 114 valence electrons. The fourth-order valence-electron chi connectivity index (χ4n) is 2.00. The summed E-state index contributed by atoms with van der Waals surface area (Å²) in [6.07, 6.45) is 0. The zero-order valence-corrected chi connectivity index (χ0v) is 12.8. The fraction of sp³-hybridized carbons (Fsp3) is 0.125. The molecule has 3 amide bonds. The molecule has 0 unspecified atom stereocenters. The highest BCUT2D eigenvalue weighted by Gasteiger charge is 2.20. The molecule has 0 aliphatic heterocycles. The van der Waals surface area contributed by atoms with Gasteiger partial charge in [0, 0.05) is 24.2 Å². The topological polar surface area (TPSA) is 75.4 Å². The van der Waals surface area contributed by atoms with E-state index in [0.717, 1.165) is 10.5 Å². The molecule has 2 aromatic rings. The summed E-state index contributed by atoms with van der Waals surface area (Å²) in [6.45, 7) is 1.54. The van der Waals surface area contributed by atoms with Crippen LogP contribution >= 0.6 is 11.6 Å². The molecule has 5 nitrogen and oxygen atoms in total. The summed E-state index contributed by atoms with van der Waals surface area (Å²) < 4.78 is 0. The van der Waals surface area contributed by atoms with Crippen molar-refractivity contribution in [3.05, 3.63) is 59.1 Å². The van der Waals surface area contributed by atoms with Crippen LogP contribution in [0.25, 0.3) is 0 Å².